The molecule has 2 aromatic rings. The second kappa shape index (κ2) is 6.91. The number of amides is 1. The van der Waals surface area contributed by atoms with Gasteiger partial charge in [0.1, 0.15) is 11.6 Å². The van der Waals surface area contributed by atoms with Crippen LogP contribution in [0.5, 0.6) is 0 Å². The summed E-state index contributed by atoms with van der Waals surface area (Å²) in [5, 5.41) is 8.41. The molecule has 0 radical (unpaired) electrons. The van der Waals surface area contributed by atoms with Gasteiger partial charge in [0.2, 0.25) is 5.78 Å². The van der Waals surface area contributed by atoms with Crippen molar-refractivity contribution in [3.05, 3.63) is 53.7 Å². The highest BCUT2D eigenvalue weighted by atomic mass is 35.5. The van der Waals surface area contributed by atoms with Gasteiger partial charge in [-0.2, -0.15) is 10.2 Å². The lowest BCUT2D eigenvalue weighted by molar-refractivity contribution is -0.144. The number of hydrazone groups is 1. The van der Waals surface area contributed by atoms with Gasteiger partial charge in [-0.15, -0.1) is 0 Å². The average molecular weight is 431 g/mol. The first-order valence-corrected chi connectivity index (χ1v) is 8.48. The highest BCUT2D eigenvalue weighted by Gasteiger charge is 2.36. The lowest BCUT2D eigenvalue weighted by atomic mass is 10.00. The fourth-order valence-corrected chi connectivity index (χ4v) is 3.08. The Morgan fingerprint density at radius 1 is 1.00 bits per heavy atom. The van der Waals surface area contributed by atoms with E-state index in [1.807, 2.05) is 0 Å². The molecule has 1 atom stereocenters. The number of hydrogen-bond acceptors (Lipinski definition) is 6. The number of likely N-dealkylation sites (N-methyl/N-ethyl adjacent to an activating group) is 1. The van der Waals surface area contributed by atoms with Crippen LogP contribution in [0.2, 0.25) is 15.1 Å². The number of halogens is 3. The number of carbonyl (C=O) groups excluding carboxylic acids is 2. The maximum Gasteiger partial charge on any atom is 0.351 e. The number of carbonyl (C=O) groups is 2. The Kier molecular flexibility index (Phi) is 4.94. The molecule has 12 heteroatoms. The van der Waals surface area contributed by atoms with Gasteiger partial charge in [0, 0.05) is 20.3 Å². The number of nitrogens with zero attached hydrogens (tertiary/aromatic N) is 5. The van der Waals surface area contributed by atoms with Crippen molar-refractivity contribution in [3.8, 4) is 5.69 Å². The van der Waals surface area contributed by atoms with E-state index in [0.29, 0.717) is 4.57 Å². The molecule has 27 heavy (non-hydrogen) atoms. The van der Waals surface area contributed by atoms with Crippen molar-refractivity contribution in [1.82, 2.24) is 19.4 Å². The minimum atomic E-state index is -1.33. The van der Waals surface area contributed by atoms with E-state index in [1.165, 1.54) is 26.2 Å². The van der Waals surface area contributed by atoms with Crippen LogP contribution in [-0.2, 0) is 16.6 Å². The summed E-state index contributed by atoms with van der Waals surface area (Å²) in [6.07, 6.45) is 1.11. The molecule has 1 aromatic carbocycles. The molecule has 0 saturated heterocycles. The number of benzene rings is 1. The van der Waals surface area contributed by atoms with Crippen LogP contribution in [0.3, 0.4) is 0 Å². The monoisotopic (exact) mass is 429 g/mol. The zero-order valence-electron chi connectivity index (χ0n) is 13.8. The number of aromatic nitrogens is 3. The molecule has 140 valence electrons. The van der Waals surface area contributed by atoms with E-state index in [4.69, 9.17) is 34.8 Å². The standard InChI is InChI=1S/C15H10Cl3N5O4/c1-21-14(26)12(24)6(5-19-21)11-13(25)23(15(27)22(2)20-11)8-4-3-7(16)9(17)10(8)18/h3-6H,1-2H3. The third-order valence-electron chi connectivity index (χ3n) is 3.87. The van der Waals surface area contributed by atoms with Crippen LogP contribution in [0, 0.1) is 0 Å². The molecule has 0 bridgehead atoms. The van der Waals surface area contributed by atoms with E-state index in [2.05, 4.69) is 10.2 Å². The largest absolute Gasteiger partial charge is 0.351 e. The molecule has 1 aromatic heterocycles. The van der Waals surface area contributed by atoms with Gasteiger partial charge in [-0.25, -0.2) is 19.1 Å². The van der Waals surface area contributed by atoms with Crippen LogP contribution in [0.25, 0.3) is 5.69 Å². The van der Waals surface area contributed by atoms with Crippen LogP contribution < -0.4 is 11.2 Å². The molecule has 0 fully saturated rings. The van der Waals surface area contributed by atoms with E-state index in [0.717, 1.165) is 15.9 Å². The third-order valence-corrected chi connectivity index (χ3v) is 5.16. The van der Waals surface area contributed by atoms with Crippen molar-refractivity contribution < 1.29 is 9.59 Å². The molecule has 1 aliphatic heterocycles. The normalized spacial score (nSPS) is 16.9. The Hall–Kier alpha value is -2.49. The van der Waals surface area contributed by atoms with E-state index in [9.17, 15) is 19.2 Å². The lowest BCUT2D eigenvalue weighted by Crippen LogP contribution is -2.46. The SMILES string of the molecule is CN1N=CC(c2nn(C)c(=O)n(-c3ccc(Cl)c(Cl)c3Cl)c2=O)C(=O)C1=O. The molecule has 3 rings (SSSR count). The van der Waals surface area contributed by atoms with Crippen molar-refractivity contribution in [3.63, 3.8) is 0 Å². The predicted molar refractivity (Wildman–Crippen MR) is 99.1 cm³/mol. The highest BCUT2D eigenvalue weighted by molar-refractivity contribution is 6.48. The second-order valence-corrected chi connectivity index (χ2v) is 6.72. The van der Waals surface area contributed by atoms with Gasteiger partial charge in [0.15, 0.2) is 0 Å². The molecular formula is C15H10Cl3N5O4. The topological polar surface area (TPSA) is 107 Å². The van der Waals surface area contributed by atoms with Gasteiger partial charge in [-0.1, -0.05) is 34.8 Å². The molecule has 1 unspecified atom stereocenters. The minimum absolute atomic E-state index is 0.0380. The Morgan fingerprint density at radius 3 is 2.33 bits per heavy atom. The van der Waals surface area contributed by atoms with Crippen LogP contribution in [0.4, 0.5) is 0 Å². The smallest absolute Gasteiger partial charge is 0.287 e. The summed E-state index contributed by atoms with van der Waals surface area (Å²) >= 11 is 18.0. The zero-order valence-corrected chi connectivity index (χ0v) is 16.1. The first-order valence-electron chi connectivity index (χ1n) is 7.35. The van der Waals surface area contributed by atoms with Gasteiger partial charge >= 0.3 is 11.6 Å². The van der Waals surface area contributed by atoms with Gasteiger partial charge < -0.3 is 0 Å². The molecule has 0 aliphatic carbocycles. The highest BCUT2D eigenvalue weighted by Crippen LogP contribution is 2.33. The van der Waals surface area contributed by atoms with Crippen LogP contribution in [0.15, 0.2) is 26.8 Å². The molecule has 2 heterocycles. The minimum Gasteiger partial charge on any atom is -0.287 e. The molecule has 9 nitrogen and oxygen atoms in total. The molecular weight excluding hydrogens is 421 g/mol. The van der Waals surface area contributed by atoms with Crippen molar-refractivity contribution >= 4 is 52.7 Å². The number of ketones is 1. The molecule has 0 spiro atoms. The number of aryl methyl sites for hydroxylation is 1. The number of Topliss-reactive ketones (excluding diaryl/α,β-unsaturated/α-hetero) is 1. The fraction of sp³-hybridized carbons (Fsp3) is 0.200. The molecule has 1 amide bonds. The molecule has 0 saturated carbocycles. The summed E-state index contributed by atoms with van der Waals surface area (Å²) in [6.45, 7) is 0. The summed E-state index contributed by atoms with van der Waals surface area (Å²) in [4.78, 5) is 49.6. The van der Waals surface area contributed by atoms with E-state index < -0.39 is 28.9 Å². The summed E-state index contributed by atoms with van der Waals surface area (Å²) < 4.78 is 1.55. The quantitative estimate of drug-likeness (QED) is 0.522. The third kappa shape index (κ3) is 3.07. The second-order valence-electron chi connectivity index (χ2n) is 5.56. The maximum atomic E-state index is 12.9. The van der Waals surface area contributed by atoms with Gasteiger partial charge in [0.25, 0.3) is 5.56 Å². The van der Waals surface area contributed by atoms with Crippen LogP contribution in [-0.4, -0.2) is 44.3 Å². The lowest BCUT2D eigenvalue weighted by Gasteiger charge is -2.20. The summed E-state index contributed by atoms with van der Waals surface area (Å²) in [6, 6.07) is 2.70. The summed E-state index contributed by atoms with van der Waals surface area (Å²) in [5.41, 5.74) is -2.15. The summed E-state index contributed by atoms with van der Waals surface area (Å²) in [7, 11) is 2.58. The van der Waals surface area contributed by atoms with Gasteiger partial charge in [-0.3, -0.25) is 14.4 Å². The predicted octanol–water partition coefficient (Wildman–Crippen LogP) is 1.00. The Morgan fingerprint density at radius 2 is 1.67 bits per heavy atom. The number of hydrogen-bond donors (Lipinski definition) is 0. The first-order chi connectivity index (χ1) is 12.6. The maximum absolute atomic E-state index is 12.9. The average Bonchev–Trinajstić information content (AvgIpc) is 2.63. The van der Waals surface area contributed by atoms with Crippen molar-refractivity contribution in [2.24, 2.45) is 12.1 Å². The van der Waals surface area contributed by atoms with Gasteiger partial charge in [-0.05, 0) is 12.1 Å². The van der Waals surface area contributed by atoms with E-state index in [-0.39, 0.29) is 26.4 Å². The first kappa shape index (κ1) is 19.3. The Bertz CT molecular complexity index is 1140. The Balaban J connectivity index is 2.31. The zero-order chi connectivity index (χ0) is 20.0. The summed E-state index contributed by atoms with van der Waals surface area (Å²) in [5.74, 6) is -3.14. The van der Waals surface area contributed by atoms with Crippen molar-refractivity contribution in [2.45, 2.75) is 5.92 Å². The Labute approximate surface area is 166 Å². The number of rotatable bonds is 2. The van der Waals surface area contributed by atoms with E-state index >= 15 is 0 Å². The van der Waals surface area contributed by atoms with Crippen LogP contribution >= 0.6 is 34.8 Å². The molecule has 0 N–H and O–H groups in total. The van der Waals surface area contributed by atoms with Gasteiger partial charge in [0.05, 0.1) is 20.8 Å². The van der Waals surface area contributed by atoms with Crippen molar-refractivity contribution in [1.29, 1.82) is 0 Å². The fourth-order valence-electron chi connectivity index (χ4n) is 2.46. The van der Waals surface area contributed by atoms with Crippen LogP contribution in [0.1, 0.15) is 11.6 Å². The van der Waals surface area contributed by atoms with E-state index in [1.54, 1.807) is 0 Å². The van der Waals surface area contributed by atoms with Crippen molar-refractivity contribution in [2.75, 3.05) is 7.05 Å². The molecule has 1 aliphatic rings.